The molecule has 27 heavy (non-hydrogen) atoms. The molecule has 6 heteroatoms. The number of nitrogens with zero attached hydrogens (tertiary/aromatic N) is 3. The quantitative estimate of drug-likeness (QED) is 0.905. The fraction of sp³-hybridized carbons (Fsp3) is 0.476. The molecule has 4 rings (SSSR count). The number of amides is 2. The zero-order chi connectivity index (χ0) is 18.8. The van der Waals surface area contributed by atoms with Crippen molar-refractivity contribution in [2.24, 2.45) is 0 Å². The lowest BCUT2D eigenvalue weighted by Crippen LogP contribution is -2.31. The fourth-order valence-corrected chi connectivity index (χ4v) is 3.92. The summed E-state index contributed by atoms with van der Waals surface area (Å²) in [5, 5.41) is 2.97. The van der Waals surface area contributed by atoms with Gasteiger partial charge in [-0.2, -0.15) is 0 Å². The zero-order valence-electron chi connectivity index (χ0n) is 15.8. The molecule has 0 aliphatic carbocycles. The third kappa shape index (κ3) is 3.61. The molecular weight excluding hydrogens is 340 g/mol. The molecule has 2 amide bonds. The molecule has 0 saturated carbocycles. The van der Waals surface area contributed by atoms with Crippen molar-refractivity contribution >= 4 is 11.8 Å². The van der Waals surface area contributed by atoms with Crippen LogP contribution in [0.25, 0.3) is 0 Å². The first kappa shape index (κ1) is 17.8. The molecular formula is C21H26N4O2. The van der Waals surface area contributed by atoms with Crippen molar-refractivity contribution in [3.63, 3.8) is 0 Å². The highest BCUT2D eigenvalue weighted by molar-refractivity contribution is 5.97. The summed E-state index contributed by atoms with van der Waals surface area (Å²) in [7, 11) is 0. The number of hydrogen-bond acceptors (Lipinski definition) is 3. The molecule has 0 bridgehead atoms. The second kappa shape index (κ2) is 7.55. The molecule has 0 radical (unpaired) electrons. The maximum absolute atomic E-state index is 12.9. The Hall–Kier alpha value is -2.63. The van der Waals surface area contributed by atoms with E-state index < -0.39 is 0 Å². The predicted molar refractivity (Wildman–Crippen MR) is 103 cm³/mol. The molecule has 2 aliphatic rings. The average Bonchev–Trinajstić information content (AvgIpc) is 3.35. The van der Waals surface area contributed by atoms with E-state index in [1.165, 1.54) is 5.56 Å². The SMILES string of the molecule is Cc1ccc(CNC(=O)c2nc(C(=O)N3CCCC3)n3c2CCCC3)cc1. The van der Waals surface area contributed by atoms with E-state index in [9.17, 15) is 9.59 Å². The van der Waals surface area contributed by atoms with Gasteiger partial charge in [0, 0.05) is 26.2 Å². The van der Waals surface area contributed by atoms with Crippen LogP contribution in [0.3, 0.4) is 0 Å². The minimum Gasteiger partial charge on any atom is -0.347 e. The van der Waals surface area contributed by atoms with Crippen molar-refractivity contribution in [2.45, 2.75) is 52.1 Å². The summed E-state index contributed by atoms with van der Waals surface area (Å²) >= 11 is 0. The number of rotatable bonds is 4. The number of nitrogens with one attached hydrogen (secondary N) is 1. The molecule has 1 aromatic carbocycles. The summed E-state index contributed by atoms with van der Waals surface area (Å²) in [5.41, 5.74) is 3.57. The van der Waals surface area contributed by atoms with E-state index in [4.69, 9.17) is 0 Å². The fourth-order valence-electron chi connectivity index (χ4n) is 3.92. The van der Waals surface area contributed by atoms with Crippen LogP contribution in [0.15, 0.2) is 24.3 Å². The minimum atomic E-state index is -0.193. The summed E-state index contributed by atoms with van der Waals surface area (Å²) in [6.07, 6.45) is 4.94. The largest absolute Gasteiger partial charge is 0.347 e. The second-order valence-electron chi connectivity index (χ2n) is 7.51. The number of fused-ring (bicyclic) bond motifs is 1. The average molecular weight is 366 g/mol. The molecule has 0 unspecified atom stereocenters. The Balaban J connectivity index is 1.55. The van der Waals surface area contributed by atoms with Gasteiger partial charge in [-0.05, 0) is 44.6 Å². The summed E-state index contributed by atoms with van der Waals surface area (Å²) < 4.78 is 1.98. The maximum Gasteiger partial charge on any atom is 0.289 e. The van der Waals surface area contributed by atoms with Gasteiger partial charge in [0.25, 0.3) is 11.8 Å². The molecule has 2 aromatic rings. The van der Waals surface area contributed by atoms with Crippen molar-refractivity contribution in [3.8, 4) is 0 Å². The van der Waals surface area contributed by atoms with Crippen molar-refractivity contribution in [1.29, 1.82) is 0 Å². The lowest BCUT2D eigenvalue weighted by atomic mass is 10.1. The molecule has 142 valence electrons. The first-order chi connectivity index (χ1) is 13.1. The number of hydrogen-bond donors (Lipinski definition) is 1. The van der Waals surface area contributed by atoms with E-state index in [1.54, 1.807) is 0 Å². The molecule has 1 saturated heterocycles. The third-order valence-corrected chi connectivity index (χ3v) is 5.49. The smallest absolute Gasteiger partial charge is 0.289 e. The summed E-state index contributed by atoms with van der Waals surface area (Å²) in [4.78, 5) is 32.1. The summed E-state index contributed by atoms with van der Waals surface area (Å²) in [6, 6.07) is 8.10. The van der Waals surface area contributed by atoms with Gasteiger partial charge < -0.3 is 14.8 Å². The molecule has 0 atom stereocenters. The van der Waals surface area contributed by atoms with E-state index in [0.29, 0.717) is 18.1 Å². The number of aromatic nitrogens is 2. The van der Waals surface area contributed by atoms with Gasteiger partial charge in [0.2, 0.25) is 0 Å². The van der Waals surface area contributed by atoms with Crippen LogP contribution in [-0.2, 0) is 19.5 Å². The highest BCUT2D eigenvalue weighted by atomic mass is 16.2. The van der Waals surface area contributed by atoms with Gasteiger partial charge in [-0.25, -0.2) is 4.98 Å². The Morgan fingerprint density at radius 1 is 1.04 bits per heavy atom. The van der Waals surface area contributed by atoms with E-state index in [1.807, 2.05) is 40.7 Å². The van der Waals surface area contributed by atoms with Crippen LogP contribution in [0, 0.1) is 6.92 Å². The highest BCUT2D eigenvalue weighted by Gasteiger charge is 2.30. The number of benzene rings is 1. The van der Waals surface area contributed by atoms with Crippen LogP contribution in [0.2, 0.25) is 0 Å². The van der Waals surface area contributed by atoms with Crippen molar-refractivity contribution in [1.82, 2.24) is 19.8 Å². The van der Waals surface area contributed by atoms with Crippen molar-refractivity contribution < 1.29 is 9.59 Å². The molecule has 2 aliphatic heterocycles. The molecule has 3 heterocycles. The summed E-state index contributed by atoms with van der Waals surface area (Å²) in [5.74, 6) is 0.210. The first-order valence-electron chi connectivity index (χ1n) is 9.86. The normalized spacial score (nSPS) is 16.3. The molecule has 6 nitrogen and oxygen atoms in total. The number of carbonyl (C=O) groups excluding carboxylic acids is 2. The van der Waals surface area contributed by atoms with E-state index in [-0.39, 0.29) is 11.8 Å². The van der Waals surface area contributed by atoms with Gasteiger partial charge in [0.05, 0.1) is 5.69 Å². The van der Waals surface area contributed by atoms with Crippen LogP contribution in [0.5, 0.6) is 0 Å². The topological polar surface area (TPSA) is 67.2 Å². The highest BCUT2D eigenvalue weighted by Crippen LogP contribution is 2.23. The first-order valence-corrected chi connectivity index (χ1v) is 9.86. The van der Waals surface area contributed by atoms with Crippen LogP contribution in [0.4, 0.5) is 0 Å². The minimum absolute atomic E-state index is 0.0340. The number of aryl methyl sites for hydroxylation is 1. The Labute approximate surface area is 159 Å². The Kier molecular flexibility index (Phi) is 4.97. The Bertz CT molecular complexity index is 848. The van der Waals surface area contributed by atoms with Gasteiger partial charge >= 0.3 is 0 Å². The van der Waals surface area contributed by atoms with Crippen molar-refractivity contribution in [3.05, 3.63) is 52.6 Å². The number of carbonyl (C=O) groups is 2. The van der Waals surface area contributed by atoms with Gasteiger partial charge in [-0.1, -0.05) is 29.8 Å². The third-order valence-electron chi connectivity index (χ3n) is 5.49. The van der Waals surface area contributed by atoms with Crippen LogP contribution >= 0.6 is 0 Å². The van der Waals surface area contributed by atoms with Gasteiger partial charge in [0.1, 0.15) is 5.69 Å². The molecule has 1 N–H and O–H groups in total. The van der Waals surface area contributed by atoms with Gasteiger partial charge in [0.15, 0.2) is 5.82 Å². The Morgan fingerprint density at radius 2 is 1.74 bits per heavy atom. The Morgan fingerprint density at radius 3 is 2.48 bits per heavy atom. The van der Waals surface area contributed by atoms with Crippen LogP contribution in [-0.4, -0.2) is 39.4 Å². The second-order valence-corrected chi connectivity index (χ2v) is 7.51. The van der Waals surface area contributed by atoms with Crippen LogP contribution < -0.4 is 5.32 Å². The lowest BCUT2D eigenvalue weighted by molar-refractivity contribution is 0.0774. The zero-order valence-corrected chi connectivity index (χ0v) is 15.8. The van der Waals surface area contributed by atoms with E-state index in [0.717, 1.165) is 63.0 Å². The van der Waals surface area contributed by atoms with Gasteiger partial charge in [-0.15, -0.1) is 0 Å². The van der Waals surface area contributed by atoms with E-state index >= 15 is 0 Å². The van der Waals surface area contributed by atoms with Gasteiger partial charge in [-0.3, -0.25) is 9.59 Å². The number of likely N-dealkylation sites (tertiary alicyclic amines) is 1. The molecule has 1 aromatic heterocycles. The standard InChI is InChI=1S/C21H26N4O2/c1-15-7-9-16(10-8-15)14-22-20(26)18-17-6-2-3-13-25(17)19(23-18)21(27)24-11-4-5-12-24/h7-10H,2-6,11-14H2,1H3,(H,22,26). The monoisotopic (exact) mass is 366 g/mol. The predicted octanol–water partition coefficient (Wildman–Crippen LogP) is 2.69. The van der Waals surface area contributed by atoms with E-state index in [2.05, 4.69) is 10.3 Å². The molecule has 1 fully saturated rings. The number of imidazole rings is 1. The van der Waals surface area contributed by atoms with Crippen LogP contribution in [0.1, 0.15) is 63.6 Å². The lowest BCUT2D eigenvalue weighted by Gasteiger charge is -2.19. The maximum atomic E-state index is 12.9. The molecule has 0 spiro atoms. The summed E-state index contributed by atoms with van der Waals surface area (Å²) in [6.45, 7) is 4.84. The van der Waals surface area contributed by atoms with Crippen molar-refractivity contribution in [2.75, 3.05) is 13.1 Å².